The topological polar surface area (TPSA) is 41.6 Å². The average Bonchev–Trinajstić information content (AvgIpc) is 2.83. The van der Waals surface area contributed by atoms with E-state index in [1.165, 1.54) is 25.7 Å². The van der Waals surface area contributed by atoms with Crippen LogP contribution in [-0.2, 0) is 6.42 Å². The molecule has 1 aromatic heterocycles. The third kappa shape index (κ3) is 3.08. The second-order valence-electron chi connectivity index (χ2n) is 6.59. The van der Waals surface area contributed by atoms with Gasteiger partial charge >= 0.3 is 0 Å². The van der Waals surface area contributed by atoms with Gasteiger partial charge in [-0.25, -0.2) is 4.98 Å². The Morgan fingerprint density at radius 1 is 1.29 bits per heavy atom. The molecule has 1 heterocycles. The molecule has 1 aliphatic rings. The van der Waals surface area contributed by atoms with E-state index < -0.39 is 0 Å². The molecule has 0 bridgehead atoms. The first kappa shape index (κ1) is 12.6. The van der Waals surface area contributed by atoms with Crippen LogP contribution in [0.5, 0.6) is 0 Å². The average molecular weight is 235 g/mol. The third-order valence-electron chi connectivity index (χ3n) is 4.25. The maximum atomic E-state index is 4.68. The summed E-state index contributed by atoms with van der Waals surface area (Å²) in [5, 5.41) is 7.52. The molecule has 1 aliphatic carbocycles. The highest BCUT2D eigenvalue weighted by atomic mass is 15.2. The summed E-state index contributed by atoms with van der Waals surface area (Å²) in [6.07, 6.45) is 6.22. The van der Waals surface area contributed by atoms with Crippen LogP contribution in [0.15, 0.2) is 0 Å². The quantitative estimate of drug-likeness (QED) is 0.868. The van der Waals surface area contributed by atoms with Gasteiger partial charge in [-0.3, -0.25) is 5.10 Å². The Hall–Kier alpha value is -0.860. The minimum absolute atomic E-state index is 0.334. The van der Waals surface area contributed by atoms with Crippen molar-refractivity contribution in [1.29, 1.82) is 0 Å². The number of nitrogens with one attached hydrogen (secondary N) is 1. The van der Waals surface area contributed by atoms with Crippen LogP contribution in [0.2, 0.25) is 0 Å². The van der Waals surface area contributed by atoms with E-state index in [0.29, 0.717) is 17.3 Å². The Balaban J connectivity index is 1.98. The molecule has 0 aromatic carbocycles. The van der Waals surface area contributed by atoms with Crippen LogP contribution in [0.4, 0.5) is 0 Å². The molecule has 0 saturated heterocycles. The van der Waals surface area contributed by atoms with Gasteiger partial charge in [-0.2, -0.15) is 5.10 Å². The molecule has 1 aromatic rings. The van der Waals surface area contributed by atoms with Crippen LogP contribution in [0.1, 0.15) is 70.9 Å². The maximum absolute atomic E-state index is 4.68. The Labute approximate surface area is 104 Å². The summed E-state index contributed by atoms with van der Waals surface area (Å²) in [6.45, 7) is 9.14. The lowest BCUT2D eigenvalue weighted by molar-refractivity contribution is 0.257. The minimum atomic E-state index is 0.334. The summed E-state index contributed by atoms with van der Waals surface area (Å²) in [5.74, 6) is 3.35. The number of aromatic amines is 1. The molecule has 1 N–H and O–H groups in total. The summed E-state index contributed by atoms with van der Waals surface area (Å²) in [7, 11) is 0. The van der Waals surface area contributed by atoms with Crippen LogP contribution < -0.4 is 0 Å². The predicted molar refractivity (Wildman–Crippen MR) is 69.9 cm³/mol. The zero-order valence-corrected chi connectivity index (χ0v) is 11.6. The van der Waals surface area contributed by atoms with Crippen molar-refractivity contribution >= 4 is 0 Å². The van der Waals surface area contributed by atoms with Gasteiger partial charge in [0.15, 0.2) is 5.82 Å². The highest BCUT2D eigenvalue weighted by Crippen LogP contribution is 2.32. The van der Waals surface area contributed by atoms with Crippen LogP contribution in [0.3, 0.4) is 0 Å². The fourth-order valence-corrected chi connectivity index (χ4v) is 2.36. The lowest BCUT2D eigenvalue weighted by atomic mass is 9.80. The van der Waals surface area contributed by atoms with Crippen molar-refractivity contribution in [3.63, 3.8) is 0 Å². The molecule has 17 heavy (non-hydrogen) atoms. The second-order valence-corrected chi connectivity index (χ2v) is 6.59. The molecule has 96 valence electrons. The summed E-state index contributed by atoms with van der Waals surface area (Å²) in [4.78, 5) is 4.68. The molecule has 2 rings (SSSR count). The van der Waals surface area contributed by atoms with Gasteiger partial charge in [-0.05, 0) is 24.2 Å². The van der Waals surface area contributed by atoms with E-state index in [1.54, 1.807) is 0 Å². The van der Waals surface area contributed by atoms with Gasteiger partial charge in [0.05, 0.1) is 0 Å². The predicted octanol–water partition coefficient (Wildman–Crippen LogP) is 3.69. The first-order chi connectivity index (χ1) is 7.97. The normalized spacial score (nSPS) is 19.8. The van der Waals surface area contributed by atoms with Gasteiger partial charge in [0.2, 0.25) is 0 Å². The van der Waals surface area contributed by atoms with Crippen molar-refractivity contribution in [3.05, 3.63) is 11.6 Å². The lowest BCUT2D eigenvalue weighted by Crippen LogP contribution is -2.20. The lowest BCUT2D eigenvalue weighted by Gasteiger charge is -2.26. The number of hydrogen-bond acceptors (Lipinski definition) is 2. The van der Waals surface area contributed by atoms with Gasteiger partial charge in [-0.1, -0.05) is 40.5 Å². The largest absolute Gasteiger partial charge is 0.263 e. The molecule has 1 saturated carbocycles. The first-order valence-electron chi connectivity index (χ1n) is 6.88. The number of rotatable bonds is 3. The molecule has 1 atom stereocenters. The highest BCUT2D eigenvalue weighted by molar-refractivity contribution is 5.00. The summed E-state index contributed by atoms with van der Waals surface area (Å²) in [6, 6.07) is 0. The molecule has 0 aliphatic heterocycles. The van der Waals surface area contributed by atoms with E-state index in [1.807, 2.05) is 0 Å². The fourth-order valence-electron chi connectivity index (χ4n) is 2.36. The van der Waals surface area contributed by atoms with Crippen molar-refractivity contribution in [2.45, 2.75) is 65.7 Å². The molecule has 1 unspecified atom stereocenters. The van der Waals surface area contributed by atoms with Crippen LogP contribution in [-0.4, -0.2) is 15.2 Å². The van der Waals surface area contributed by atoms with Crippen LogP contribution in [0.25, 0.3) is 0 Å². The summed E-state index contributed by atoms with van der Waals surface area (Å²) < 4.78 is 0. The van der Waals surface area contributed by atoms with E-state index in [4.69, 9.17) is 0 Å². The Kier molecular flexibility index (Phi) is 3.55. The van der Waals surface area contributed by atoms with E-state index in [-0.39, 0.29) is 0 Å². The molecule has 3 heteroatoms. The first-order valence-corrected chi connectivity index (χ1v) is 6.88. The van der Waals surface area contributed by atoms with Gasteiger partial charge in [0.25, 0.3) is 0 Å². The van der Waals surface area contributed by atoms with E-state index in [9.17, 15) is 0 Å². The number of hydrogen-bond donors (Lipinski definition) is 1. The molecule has 0 amide bonds. The van der Waals surface area contributed by atoms with Crippen molar-refractivity contribution in [2.75, 3.05) is 0 Å². The maximum Gasteiger partial charge on any atom is 0.153 e. The SMILES string of the molecule is CC(Cc1nc(C2CCCC2)n[nH]1)C(C)(C)C. The Bertz CT molecular complexity index is 356. The molecule has 0 radical (unpaired) electrons. The summed E-state index contributed by atoms with van der Waals surface area (Å²) >= 11 is 0. The van der Waals surface area contributed by atoms with Crippen molar-refractivity contribution in [3.8, 4) is 0 Å². The van der Waals surface area contributed by atoms with Crippen molar-refractivity contribution in [2.24, 2.45) is 11.3 Å². The summed E-state index contributed by atoms with van der Waals surface area (Å²) in [5.41, 5.74) is 0.334. The second kappa shape index (κ2) is 4.79. The number of H-pyrrole nitrogens is 1. The molecule has 3 nitrogen and oxygen atoms in total. The highest BCUT2D eigenvalue weighted by Gasteiger charge is 2.24. The molecular weight excluding hydrogens is 210 g/mol. The minimum Gasteiger partial charge on any atom is -0.263 e. The van der Waals surface area contributed by atoms with Gasteiger partial charge in [0, 0.05) is 12.3 Å². The fraction of sp³-hybridized carbons (Fsp3) is 0.857. The Morgan fingerprint density at radius 3 is 2.53 bits per heavy atom. The standard InChI is InChI=1S/C14H25N3/c1-10(14(2,3)4)9-12-15-13(17-16-12)11-7-5-6-8-11/h10-11H,5-9H2,1-4H3,(H,15,16,17). The monoisotopic (exact) mass is 235 g/mol. The number of nitrogens with zero attached hydrogens (tertiary/aromatic N) is 2. The number of aromatic nitrogens is 3. The van der Waals surface area contributed by atoms with Gasteiger partial charge in [0.1, 0.15) is 5.82 Å². The smallest absolute Gasteiger partial charge is 0.153 e. The van der Waals surface area contributed by atoms with Crippen molar-refractivity contribution in [1.82, 2.24) is 15.2 Å². The Morgan fingerprint density at radius 2 is 1.94 bits per heavy atom. The molecular formula is C14H25N3. The van der Waals surface area contributed by atoms with Crippen molar-refractivity contribution < 1.29 is 0 Å². The third-order valence-corrected chi connectivity index (χ3v) is 4.25. The van der Waals surface area contributed by atoms with Gasteiger partial charge in [-0.15, -0.1) is 0 Å². The van der Waals surface area contributed by atoms with E-state index in [0.717, 1.165) is 18.1 Å². The van der Waals surface area contributed by atoms with Crippen LogP contribution >= 0.6 is 0 Å². The zero-order valence-electron chi connectivity index (χ0n) is 11.6. The van der Waals surface area contributed by atoms with E-state index in [2.05, 4.69) is 42.9 Å². The molecule has 0 spiro atoms. The van der Waals surface area contributed by atoms with Gasteiger partial charge < -0.3 is 0 Å². The van der Waals surface area contributed by atoms with Crippen LogP contribution in [0, 0.1) is 11.3 Å². The zero-order chi connectivity index (χ0) is 12.5. The van der Waals surface area contributed by atoms with E-state index >= 15 is 0 Å². The molecule has 1 fully saturated rings.